The molecule has 1 saturated heterocycles. The first-order chi connectivity index (χ1) is 11.9. The third-order valence-corrected chi connectivity index (χ3v) is 4.85. The van der Waals surface area contributed by atoms with E-state index < -0.39 is 17.8 Å². The second-order valence-electron chi connectivity index (χ2n) is 6.53. The van der Waals surface area contributed by atoms with Gasteiger partial charge in [-0.1, -0.05) is 0 Å². The molecular weight excluding hydrogens is 332 g/mol. The summed E-state index contributed by atoms with van der Waals surface area (Å²) in [5.41, 5.74) is 1.15. The van der Waals surface area contributed by atoms with Crippen molar-refractivity contribution >= 4 is 17.6 Å². The minimum absolute atomic E-state index is 0.168. The molecule has 3 rings (SSSR count). The van der Waals surface area contributed by atoms with Crippen LogP contribution >= 0.6 is 0 Å². The highest BCUT2D eigenvalue weighted by Crippen LogP contribution is 2.39. The summed E-state index contributed by atoms with van der Waals surface area (Å²) in [5, 5.41) is 0. The lowest BCUT2D eigenvalue weighted by atomic mass is 10.1. The lowest BCUT2D eigenvalue weighted by Crippen LogP contribution is -2.50. The molecule has 0 spiro atoms. The number of esters is 1. The van der Waals surface area contributed by atoms with Crippen LogP contribution in [0.3, 0.4) is 0 Å². The number of hydrogen-bond donors (Lipinski definition) is 0. The topological polar surface area (TPSA) is 62.7 Å². The summed E-state index contributed by atoms with van der Waals surface area (Å²) in [6.45, 7) is 2.09. The fraction of sp³-hybridized carbons (Fsp3) is 0.588. The molecule has 0 N–H and O–H groups in total. The van der Waals surface area contributed by atoms with Crippen LogP contribution in [-0.2, 0) is 9.53 Å². The molecule has 136 valence electrons. The SMILES string of the molecule is COC(=O)c1cncc(N2CCN(C(=O)C3CCC(F)(F)C3)CC2)c1. The fourth-order valence-corrected chi connectivity index (χ4v) is 3.43. The second-order valence-corrected chi connectivity index (χ2v) is 6.53. The third-order valence-electron chi connectivity index (χ3n) is 4.85. The lowest BCUT2D eigenvalue weighted by molar-refractivity contribution is -0.136. The van der Waals surface area contributed by atoms with Crippen LogP contribution in [0.15, 0.2) is 18.5 Å². The first kappa shape index (κ1) is 17.6. The van der Waals surface area contributed by atoms with Gasteiger partial charge in [0.1, 0.15) is 0 Å². The van der Waals surface area contributed by atoms with E-state index in [-0.39, 0.29) is 25.2 Å². The van der Waals surface area contributed by atoms with E-state index in [0.29, 0.717) is 31.7 Å². The predicted molar refractivity (Wildman–Crippen MR) is 86.7 cm³/mol. The quantitative estimate of drug-likeness (QED) is 0.778. The first-order valence-electron chi connectivity index (χ1n) is 8.34. The van der Waals surface area contributed by atoms with Crippen molar-refractivity contribution in [1.82, 2.24) is 9.88 Å². The van der Waals surface area contributed by atoms with Crippen LogP contribution in [0.5, 0.6) is 0 Å². The largest absolute Gasteiger partial charge is 0.465 e. The van der Waals surface area contributed by atoms with Crippen molar-refractivity contribution in [2.24, 2.45) is 5.92 Å². The number of alkyl halides is 2. The van der Waals surface area contributed by atoms with Crippen molar-refractivity contribution in [2.45, 2.75) is 25.2 Å². The normalized spacial score (nSPS) is 22.8. The number of amides is 1. The molecule has 1 aromatic heterocycles. The minimum Gasteiger partial charge on any atom is -0.465 e. The van der Waals surface area contributed by atoms with E-state index in [2.05, 4.69) is 9.72 Å². The Hall–Kier alpha value is -2.25. The standard InChI is InChI=1S/C17H21F2N3O3/c1-25-16(24)13-8-14(11-20-10-13)21-4-6-22(7-5-21)15(23)12-2-3-17(18,19)9-12/h8,10-12H,2-7,9H2,1H3. The lowest BCUT2D eigenvalue weighted by Gasteiger charge is -2.37. The fourth-order valence-electron chi connectivity index (χ4n) is 3.43. The van der Waals surface area contributed by atoms with Gasteiger partial charge in [-0.25, -0.2) is 13.6 Å². The number of piperazine rings is 1. The molecule has 1 aliphatic heterocycles. The van der Waals surface area contributed by atoms with Gasteiger partial charge in [-0.3, -0.25) is 9.78 Å². The highest BCUT2D eigenvalue weighted by atomic mass is 19.3. The van der Waals surface area contributed by atoms with Gasteiger partial charge in [0.05, 0.1) is 24.6 Å². The highest BCUT2D eigenvalue weighted by molar-refractivity contribution is 5.90. The highest BCUT2D eigenvalue weighted by Gasteiger charge is 2.43. The average molecular weight is 353 g/mol. The molecule has 1 unspecified atom stereocenters. The van der Waals surface area contributed by atoms with Gasteiger partial charge in [-0.15, -0.1) is 0 Å². The van der Waals surface area contributed by atoms with Crippen LogP contribution < -0.4 is 4.90 Å². The van der Waals surface area contributed by atoms with Crippen molar-refractivity contribution in [3.63, 3.8) is 0 Å². The molecule has 0 aromatic carbocycles. The Morgan fingerprint density at radius 1 is 1.24 bits per heavy atom. The van der Waals surface area contributed by atoms with Crippen LogP contribution in [0.4, 0.5) is 14.5 Å². The second kappa shape index (κ2) is 6.93. The van der Waals surface area contributed by atoms with Crippen molar-refractivity contribution in [3.05, 3.63) is 24.0 Å². The number of methoxy groups -OCH3 is 1. The molecule has 6 nitrogen and oxygen atoms in total. The Labute approximate surface area is 144 Å². The summed E-state index contributed by atoms with van der Waals surface area (Å²) < 4.78 is 31.3. The van der Waals surface area contributed by atoms with Crippen LogP contribution in [0, 0.1) is 5.92 Å². The van der Waals surface area contributed by atoms with Gasteiger partial charge < -0.3 is 14.5 Å². The maximum Gasteiger partial charge on any atom is 0.339 e. The van der Waals surface area contributed by atoms with Crippen LogP contribution in [0.25, 0.3) is 0 Å². The Kier molecular flexibility index (Phi) is 4.87. The van der Waals surface area contributed by atoms with Gasteiger partial charge >= 0.3 is 5.97 Å². The zero-order chi connectivity index (χ0) is 18.0. The third kappa shape index (κ3) is 3.88. The summed E-state index contributed by atoms with van der Waals surface area (Å²) in [7, 11) is 1.31. The monoisotopic (exact) mass is 353 g/mol. The number of aromatic nitrogens is 1. The molecule has 25 heavy (non-hydrogen) atoms. The summed E-state index contributed by atoms with van der Waals surface area (Å²) in [4.78, 5) is 31.8. The van der Waals surface area contributed by atoms with E-state index in [0.717, 1.165) is 5.69 Å². The number of hydrogen-bond acceptors (Lipinski definition) is 5. The van der Waals surface area contributed by atoms with E-state index in [4.69, 9.17) is 0 Å². The Balaban J connectivity index is 1.59. The van der Waals surface area contributed by atoms with Gasteiger partial charge in [-0.05, 0) is 12.5 Å². The number of nitrogens with zero attached hydrogens (tertiary/aromatic N) is 3. The molecule has 1 saturated carbocycles. The van der Waals surface area contributed by atoms with Gasteiger partial charge in [0, 0.05) is 51.1 Å². The van der Waals surface area contributed by atoms with Crippen molar-refractivity contribution < 1.29 is 23.1 Å². The van der Waals surface area contributed by atoms with Crippen molar-refractivity contribution in [3.8, 4) is 0 Å². The molecule has 1 aromatic rings. The van der Waals surface area contributed by atoms with E-state index in [1.54, 1.807) is 17.2 Å². The van der Waals surface area contributed by atoms with Crippen LogP contribution in [0.1, 0.15) is 29.6 Å². The first-order valence-corrected chi connectivity index (χ1v) is 8.34. The summed E-state index contributed by atoms with van der Waals surface area (Å²) >= 11 is 0. The average Bonchev–Trinajstić information content (AvgIpc) is 3.00. The molecule has 2 fully saturated rings. The zero-order valence-electron chi connectivity index (χ0n) is 14.1. The van der Waals surface area contributed by atoms with E-state index in [1.807, 2.05) is 4.90 Å². The number of pyridine rings is 1. The van der Waals surface area contributed by atoms with Crippen LogP contribution in [-0.4, -0.2) is 61.0 Å². The zero-order valence-corrected chi connectivity index (χ0v) is 14.1. The maximum atomic E-state index is 13.3. The Morgan fingerprint density at radius 3 is 2.56 bits per heavy atom. The number of halogens is 2. The van der Waals surface area contributed by atoms with Crippen molar-refractivity contribution in [2.75, 3.05) is 38.2 Å². The summed E-state index contributed by atoms with van der Waals surface area (Å²) in [6.07, 6.45) is 2.82. The number of anilines is 1. The maximum absolute atomic E-state index is 13.3. The molecule has 1 amide bonds. The van der Waals surface area contributed by atoms with Gasteiger partial charge in [0.2, 0.25) is 11.8 Å². The summed E-state index contributed by atoms with van der Waals surface area (Å²) in [5.74, 6) is -3.89. The molecule has 2 heterocycles. The Morgan fingerprint density at radius 2 is 1.96 bits per heavy atom. The molecule has 2 aliphatic rings. The van der Waals surface area contributed by atoms with Crippen molar-refractivity contribution in [1.29, 1.82) is 0 Å². The number of ether oxygens (including phenoxy) is 1. The van der Waals surface area contributed by atoms with Gasteiger partial charge in [-0.2, -0.15) is 0 Å². The predicted octanol–water partition coefficient (Wildman–Crippen LogP) is 1.95. The number of carbonyl (C=O) groups is 2. The van der Waals surface area contributed by atoms with Gasteiger partial charge in [0.25, 0.3) is 0 Å². The Bertz CT molecular complexity index is 660. The molecule has 8 heteroatoms. The van der Waals surface area contributed by atoms with E-state index in [1.165, 1.54) is 13.3 Å². The summed E-state index contributed by atoms with van der Waals surface area (Å²) in [6, 6.07) is 1.70. The molecule has 1 atom stereocenters. The molecule has 1 aliphatic carbocycles. The van der Waals surface area contributed by atoms with E-state index >= 15 is 0 Å². The van der Waals surface area contributed by atoms with Gasteiger partial charge in [0.15, 0.2) is 0 Å². The van der Waals surface area contributed by atoms with E-state index in [9.17, 15) is 18.4 Å². The smallest absolute Gasteiger partial charge is 0.339 e. The van der Waals surface area contributed by atoms with Crippen LogP contribution in [0.2, 0.25) is 0 Å². The minimum atomic E-state index is -2.71. The molecule has 0 bridgehead atoms. The molecular formula is C17H21F2N3O3. The molecule has 0 radical (unpaired) electrons. The number of carbonyl (C=O) groups excluding carboxylic acids is 2. The number of rotatable bonds is 3.